The van der Waals surface area contributed by atoms with Crippen LogP contribution in [-0.2, 0) is 14.8 Å². The fourth-order valence-corrected chi connectivity index (χ4v) is 3.77. The number of amides is 1. The molecular formula is C22H20FNO5S. The Labute approximate surface area is 174 Å². The first-order valence-corrected chi connectivity index (χ1v) is 10.5. The lowest BCUT2D eigenvalue weighted by atomic mass is 10.1. The zero-order chi connectivity index (χ0) is 21.7. The van der Waals surface area contributed by atoms with Crippen LogP contribution in [0.15, 0.2) is 83.8 Å². The number of ether oxygens (including phenoxy) is 1. The molecule has 0 spiro atoms. The van der Waals surface area contributed by atoms with Crippen molar-refractivity contribution < 1.29 is 27.5 Å². The van der Waals surface area contributed by atoms with Gasteiger partial charge in [0.15, 0.2) is 0 Å². The van der Waals surface area contributed by atoms with Crippen LogP contribution in [0.3, 0.4) is 0 Å². The maximum atomic E-state index is 13.1. The number of hydroxylamine groups is 1. The van der Waals surface area contributed by atoms with Gasteiger partial charge in [0, 0.05) is 0 Å². The van der Waals surface area contributed by atoms with Crippen molar-refractivity contribution in [3.8, 4) is 16.9 Å². The fraction of sp³-hybridized carbons (Fsp3) is 0.136. The molecule has 0 aromatic heterocycles. The zero-order valence-electron chi connectivity index (χ0n) is 16.1. The molecule has 0 aliphatic heterocycles. The SMILES string of the molecule is CC(COc1ccccc1)C(=O)N(O)S(=O)(=O)c1ccc(-c2ccc(F)cc2)cc1. The normalized spacial score (nSPS) is 12.2. The van der Waals surface area contributed by atoms with E-state index in [2.05, 4.69) is 0 Å². The molecule has 0 aliphatic rings. The summed E-state index contributed by atoms with van der Waals surface area (Å²) in [5.41, 5.74) is 1.36. The minimum atomic E-state index is -4.45. The second-order valence-corrected chi connectivity index (χ2v) is 8.41. The van der Waals surface area contributed by atoms with Crippen LogP contribution in [-0.4, -0.2) is 30.6 Å². The summed E-state index contributed by atoms with van der Waals surface area (Å²) >= 11 is 0. The van der Waals surface area contributed by atoms with Crippen LogP contribution >= 0.6 is 0 Å². The minimum absolute atomic E-state index is 0.0983. The Hall–Kier alpha value is -3.23. The monoisotopic (exact) mass is 429 g/mol. The first-order chi connectivity index (χ1) is 14.3. The topological polar surface area (TPSA) is 83.9 Å². The van der Waals surface area contributed by atoms with Gasteiger partial charge >= 0.3 is 0 Å². The first-order valence-electron chi connectivity index (χ1n) is 9.11. The molecule has 3 aromatic rings. The molecule has 0 fully saturated rings. The first kappa shape index (κ1) is 21.5. The van der Waals surface area contributed by atoms with E-state index in [4.69, 9.17) is 4.74 Å². The predicted octanol–water partition coefficient (Wildman–Crippen LogP) is 4.11. The van der Waals surface area contributed by atoms with Gasteiger partial charge in [0.2, 0.25) is 0 Å². The average molecular weight is 429 g/mol. The summed E-state index contributed by atoms with van der Waals surface area (Å²) in [5.74, 6) is -1.75. The molecule has 1 N–H and O–H groups in total. The minimum Gasteiger partial charge on any atom is -0.493 e. The summed E-state index contributed by atoms with van der Waals surface area (Å²) in [6, 6.07) is 20.0. The van der Waals surface area contributed by atoms with Crippen molar-refractivity contribution in [2.75, 3.05) is 6.61 Å². The highest BCUT2D eigenvalue weighted by atomic mass is 32.2. The van der Waals surface area contributed by atoms with Crippen LogP contribution in [0.2, 0.25) is 0 Å². The molecule has 30 heavy (non-hydrogen) atoms. The fourth-order valence-electron chi connectivity index (χ4n) is 2.68. The molecule has 0 aliphatic carbocycles. The van der Waals surface area contributed by atoms with Gasteiger partial charge < -0.3 is 4.74 Å². The maximum absolute atomic E-state index is 13.1. The van der Waals surface area contributed by atoms with Gasteiger partial charge in [-0.2, -0.15) is 8.42 Å². The number of nitrogens with zero attached hydrogens (tertiary/aromatic N) is 1. The molecule has 8 heteroatoms. The maximum Gasteiger partial charge on any atom is 0.289 e. The van der Waals surface area contributed by atoms with Gasteiger partial charge in [0.25, 0.3) is 15.9 Å². The van der Waals surface area contributed by atoms with Crippen molar-refractivity contribution in [2.24, 2.45) is 5.92 Å². The number of carbonyl (C=O) groups excluding carboxylic acids is 1. The van der Waals surface area contributed by atoms with Gasteiger partial charge in [-0.05, 0) is 47.5 Å². The van der Waals surface area contributed by atoms with Crippen LogP contribution in [0.4, 0.5) is 4.39 Å². The van der Waals surface area contributed by atoms with E-state index in [-0.39, 0.29) is 21.8 Å². The molecule has 6 nitrogen and oxygen atoms in total. The third kappa shape index (κ3) is 4.84. The molecular weight excluding hydrogens is 409 g/mol. The van der Waals surface area contributed by atoms with E-state index >= 15 is 0 Å². The highest BCUT2D eigenvalue weighted by molar-refractivity contribution is 7.89. The molecule has 1 amide bonds. The number of hydrogen-bond acceptors (Lipinski definition) is 5. The standard InChI is InChI=1S/C22H20FNO5S/c1-16(15-29-20-5-3-2-4-6-20)22(25)24(26)30(27,28)21-13-9-18(10-14-21)17-7-11-19(23)12-8-17/h2-14,16,26H,15H2,1H3. The van der Waals surface area contributed by atoms with Crippen LogP contribution in [0, 0.1) is 11.7 Å². The van der Waals surface area contributed by atoms with Gasteiger partial charge in [0.1, 0.15) is 11.6 Å². The predicted molar refractivity (Wildman–Crippen MR) is 109 cm³/mol. The lowest BCUT2D eigenvalue weighted by molar-refractivity contribution is -0.151. The Morgan fingerprint density at radius 1 is 0.967 bits per heavy atom. The van der Waals surface area contributed by atoms with Crippen molar-refractivity contribution in [3.05, 3.63) is 84.7 Å². The summed E-state index contributed by atoms with van der Waals surface area (Å²) in [6.07, 6.45) is 0. The van der Waals surface area contributed by atoms with Gasteiger partial charge in [-0.3, -0.25) is 10.0 Å². The molecule has 3 rings (SSSR count). The van der Waals surface area contributed by atoms with Gasteiger partial charge in [0.05, 0.1) is 17.4 Å². The molecule has 0 radical (unpaired) electrons. The van der Waals surface area contributed by atoms with E-state index in [9.17, 15) is 22.8 Å². The number of para-hydroxylation sites is 1. The molecule has 0 heterocycles. The summed E-state index contributed by atoms with van der Waals surface area (Å²) < 4.78 is 43.5. The Kier molecular flexibility index (Phi) is 6.49. The molecule has 3 aromatic carbocycles. The second-order valence-electron chi connectivity index (χ2n) is 6.64. The molecule has 156 valence electrons. The zero-order valence-corrected chi connectivity index (χ0v) is 16.9. The van der Waals surface area contributed by atoms with Crippen molar-refractivity contribution in [3.63, 3.8) is 0 Å². The number of sulfonamides is 1. The van der Waals surface area contributed by atoms with E-state index in [0.717, 1.165) is 0 Å². The Morgan fingerprint density at radius 2 is 1.50 bits per heavy atom. The van der Waals surface area contributed by atoms with Crippen molar-refractivity contribution in [1.82, 2.24) is 4.47 Å². The smallest absolute Gasteiger partial charge is 0.289 e. The summed E-state index contributed by atoms with van der Waals surface area (Å²) in [7, 11) is -4.45. The van der Waals surface area contributed by atoms with Crippen molar-refractivity contribution in [1.29, 1.82) is 0 Å². The Balaban J connectivity index is 1.70. The number of rotatable bonds is 7. The molecule has 1 atom stereocenters. The summed E-state index contributed by atoms with van der Waals surface area (Å²) in [6.45, 7) is 1.36. The van der Waals surface area contributed by atoms with Crippen LogP contribution in [0.5, 0.6) is 5.75 Å². The third-order valence-electron chi connectivity index (χ3n) is 4.41. The lowest BCUT2D eigenvalue weighted by Crippen LogP contribution is -2.39. The number of hydrogen-bond donors (Lipinski definition) is 1. The van der Waals surface area contributed by atoms with Gasteiger partial charge in [-0.15, -0.1) is 4.47 Å². The van der Waals surface area contributed by atoms with E-state index in [1.54, 1.807) is 36.4 Å². The molecule has 0 saturated carbocycles. The lowest BCUT2D eigenvalue weighted by Gasteiger charge is -2.19. The molecule has 0 saturated heterocycles. The van der Waals surface area contributed by atoms with E-state index in [1.165, 1.54) is 43.3 Å². The highest BCUT2D eigenvalue weighted by Gasteiger charge is 2.31. The largest absolute Gasteiger partial charge is 0.493 e. The van der Waals surface area contributed by atoms with E-state index in [1.807, 2.05) is 6.07 Å². The second kappa shape index (κ2) is 9.06. The van der Waals surface area contributed by atoms with Crippen LogP contribution in [0.25, 0.3) is 11.1 Å². The highest BCUT2D eigenvalue weighted by Crippen LogP contribution is 2.23. The molecule has 0 bridgehead atoms. The van der Waals surface area contributed by atoms with Crippen molar-refractivity contribution in [2.45, 2.75) is 11.8 Å². The van der Waals surface area contributed by atoms with E-state index < -0.39 is 21.8 Å². The van der Waals surface area contributed by atoms with Gasteiger partial charge in [-0.1, -0.05) is 49.4 Å². The number of halogens is 1. The average Bonchev–Trinajstić information content (AvgIpc) is 2.77. The third-order valence-corrected chi connectivity index (χ3v) is 5.91. The summed E-state index contributed by atoms with van der Waals surface area (Å²) in [5, 5.41) is 10.1. The Bertz CT molecular complexity index is 1100. The van der Waals surface area contributed by atoms with Crippen LogP contribution < -0.4 is 4.74 Å². The van der Waals surface area contributed by atoms with E-state index in [0.29, 0.717) is 16.9 Å². The Morgan fingerprint density at radius 3 is 2.07 bits per heavy atom. The quantitative estimate of drug-likeness (QED) is 0.451. The van der Waals surface area contributed by atoms with Gasteiger partial charge in [-0.25, -0.2) is 4.39 Å². The summed E-state index contributed by atoms with van der Waals surface area (Å²) in [4.78, 5) is 12.1. The van der Waals surface area contributed by atoms with Crippen LogP contribution in [0.1, 0.15) is 6.92 Å². The van der Waals surface area contributed by atoms with Crippen molar-refractivity contribution >= 4 is 15.9 Å². The molecule has 1 unspecified atom stereocenters. The number of benzene rings is 3. The number of carbonyl (C=O) groups is 1.